The van der Waals surface area contributed by atoms with Crippen molar-refractivity contribution < 1.29 is 13.2 Å². The van der Waals surface area contributed by atoms with Gasteiger partial charge < -0.3 is 11.1 Å². The molecule has 1 atom stereocenters. The highest BCUT2D eigenvalue weighted by atomic mass is 79.9. The largest absolute Gasteiger partial charge is 0.397 e. The molecule has 0 radical (unpaired) electrons. The number of benzene rings is 1. The third kappa shape index (κ3) is 2.84. The molecule has 1 saturated heterocycles. The molecule has 3 N–H and O–H groups in total. The van der Waals surface area contributed by atoms with Gasteiger partial charge >= 0.3 is 0 Å². The lowest BCUT2D eigenvalue weighted by Gasteiger charge is -2.12. The van der Waals surface area contributed by atoms with E-state index in [-0.39, 0.29) is 23.5 Å². The van der Waals surface area contributed by atoms with Gasteiger partial charge in [-0.2, -0.15) is 0 Å². The average Bonchev–Trinajstić information content (AvgIpc) is 2.62. The molecule has 1 aromatic rings. The monoisotopic (exact) mass is 332 g/mol. The highest BCUT2D eigenvalue weighted by Gasteiger charge is 2.29. The number of rotatable bonds is 2. The molecule has 0 bridgehead atoms. The number of carbonyl (C=O) groups is 1. The predicted molar refractivity (Wildman–Crippen MR) is 73.1 cm³/mol. The van der Waals surface area contributed by atoms with Gasteiger partial charge in [-0.05, 0) is 34.5 Å². The number of halogens is 1. The lowest BCUT2D eigenvalue weighted by atomic mass is 10.1. The fourth-order valence-electron chi connectivity index (χ4n) is 1.91. The topological polar surface area (TPSA) is 89.3 Å². The van der Waals surface area contributed by atoms with Gasteiger partial charge in [0.25, 0.3) is 5.91 Å². The standard InChI is InChI=1S/C11H13BrN2O3S/c12-9-3-1-2-8(10(9)13)11(15)14-7-4-5-18(16,17)6-7/h1-3,7H,4-6,13H2,(H,14,15). The SMILES string of the molecule is Nc1c(Br)cccc1C(=O)NC1CCS(=O)(=O)C1. The second-order valence-corrected chi connectivity index (χ2v) is 7.36. The average molecular weight is 333 g/mol. The van der Waals surface area contributed by atoms with E-state index in [0.717, 1.165) is 0 Å². The van der Waals surface area contributed by atoms with E-state index in [2.05, 4.69) is 21.2 Å². The van der Waals surface area contributed by atoms with Crippen molar-refractivity contribution in [2.24, 2.45) is 0 Å². The van der Waals surface area contributed by atoms with Crippen molar-refractivity contribution in [3.05, 3.63) is 28.2 Å². The fraction of sp³-hybridized carbons (Fsp3) is 0.364. The Balaban J connectivity index is 2.11. The Morgan fingerprint density at radius 2 is 2.17 bits per heavy atom. The van der Waals surface area contributed by atoms with E-state index in [0.29, 0.717) is 22.1 Å². The molecule has 1 amide bonds. The van der Waals surface area contributed by atoms with E-state index in [1.807, 2.05) is 0 Å². The molecule has 0 aliphatic carbocycles. The minimum atomic E-state index is -3.00. The molecule has 98 valence electrons. The van der Waals surface area contributed by atoms with Gasteiger partial charge in [-0.3, -0.25) is 4.79 Å². The summed E-state index contributed by atoms with van der Waals surface area (Å²) in [5.41, 5.74) is 6.50. The smallest absolute Gasteiger partial charge is 0.253 e. The quantitative estimate of drug-likeness (QED) is 0.789. The van der Waals surface area contributed by atoms with Crippen molar-refractivity contribution >= 4 is 37.4 Å². The summed E-state index contributed by atoms with van der Waals surface area (Å²) in [6, 6.07) is 4.74. The van der Waals surface area contributed by atoms with Crippen molar-refractivity contribution in [3.8, 4) is 0 Å². The lowest BCUT2D eigenvalue weighted by molar-refractivity contribution is 0.0942. The number of hydrogen-bond acceptors (Lipinski definition) is 4. The van der Waals surface area contributed by atoms with Crippen LogP contribution in [0.1, 0.15) is 16.8 Å². The summed E-state index contributed by atoms with van der Waals surface area (Å²) in [5.74, 6) is -0.200. The number of nitrogens with two attached hydrogens (primary N) is 1. The third-order valence-corrected chi connectivity index (χ3v) is 5.32. The Labute approximate surface area is 114 Å². The molecule has 1 aromatic carbocycles. The molecule has 5 nitrogen and oxygen atoms in total. The van der Waals surface area contributed by atoms with Crippen LogP contribution in [-0.2, 0) is 9.84 Å². The molecular weight excluding hydrogens is 320 g/mol. The molecule has 1 unspecified atom stereocenters. The van der Waals surface area contributed by atoms with Crippen molar-refractivity contribution in [1.82, 2.24) is 5.32 Å². The minimum absolute atomic E-state index is 0.00660. The Hall–Kier alpha value is -1.08. The maximum Gasteiger partial charge on any atom is 0.253 e. The number of nitrogen functional groups attached to an aromatic ring is 1. The molecule has 1 fully saturated rings. The predicted octanol–water partition coefficient (Wildman–Crippen LogP) is 0.948. The molecule has 1 aliphatic rings. The van der Waals surface area contributed by atoms with Crippen molar-refractivity contribution in [1.29, 1.82) is 0 Å². The van der Waals surface area contributed by atoms with E-state index in [1.54, 1.807) is 18.2 Å². The molecule has 0 saturated carbocycles. The van der Waals surface area contributed by atoms with Crippen molar-refractivity contribution in [2.45, 2.75) is 12.5 Å². The molecule has 0 spiro atoms. The number of sulfone groups is 1. The van der Waals surface area contributed by atoms with Gasteiger partial charge in [-0.1, -0.05) is 6.07 Å². The highest BCUT2D eigenvalue weighted by Crippen LogP contribution is 2.23. The first-order valence-electron chi connectivity index (χ1n) is 5.44. The Bertz CT molecular complexity index is 586. The van der Waals surface area contributed by atoms with Gasteiger partial charge in [0.15, 0.2) is 9.84 Å². The fourth-order valence-corrected chi connectivity index (χ4v) is 3.95. The number of para-hydroxylation sites is 1. The highest BCUT2D eigenvalue weighted by molar-refractivity contribution is 9.10. The first kappa shape index (κ1) is 13.4. The lowest BCUT2D eigenvalue weighted by Crippen LogP contribution is -2.35. The van der Waals surface area contributed by atoms with Crippen LogP contribution in [0.4, 0.5) is 5.69 Å². The zero-order valence-electron chi connectivity index (χ0n) is 9.52. The van der Waals surface area contributed by atoms with Crippen molar-refractivity contribution in [2.75, 3.05) is 17.2 Å². The van der Waals surface area contributed by atoms with E-state index in [1.165, 1.54) is 0 Å². The van der Waals surface area contributed by atoms with Gasteiger partial charge in [0, 0.05) is 10.5 Å². The molecular formula is C11H13BrN2O3S. The van der Waals surface area contributed by atoms with E-state index >= 15 is 0 Å². The number of anilines is 1. The molecule has 2 rings (SSSR count). The van der Waals surface area contributed by atoms with Crippen LogP contribution in [-0.4, -0.2) is 31.9 Å². The summed E-state index contributed by atoms with van der Waals surface area (Å²) in [7, 11) is -3.00. The summed E-state index contributed by atoms with van der Waals surface area (Å²) in [6.45, 7) is 0. The second-order valence-electron chi connectivity index (χ2n) is 4.27. The van der Waals surface area contributed by atoms with Crippen molar-refractivity contribution in [3.63, 3.8) is 0 Å². The maximum absolute atomic E-state index is 12.0. The van der Waals surface area contributed by atoms with Crippen LogP contribution in [0.15, 0.2) is 22.7 Å². The van der Waals surface area contributed by atoms with Gasteiger partial charge in [-0.25, -0.2) is 8.42 Å². The van der Waals surface area contributed by atoms with Crippen LogP contribution in [0, 0.1) is 0 Å². The third-order valence-electron chi connectivity index (χ3n) is 2.87. The zero-order chi connectivity index (χ0) is 13.3. The Kier molecular flexibility index (Phi) is 3.63. The van der Waals surface area contributed by atoms with E-state index in [9.17, 15) is 13.2 Å². The first-order chi connectivity index (χ1) is 8.39. The van der Waals surface area contributed by atoms with Crippen LogP contribution in [0.3, 0.4) is 0 Å². The number of carbonyl (C=O) groups excluding carboxylic acids is 1. The molecule has 18 heavy (non-hydrogen) atoms. The van der Waals surface area contributed by atoms with Gasteiger partial charge in [0.1, 0.15) is 0 Å². The number of nitrogens with one attached hydrogen (secondary N) is 1. The molecule has 1 heterocycles. The van der Waals surface area contributed by atoms with Crippen LogP contribution in [0.5, 0.6) is 0 Å². The molecule has 0 aromatic heterocycles. The van der Waals surface area contributed by atoms with Crippen LogP contribution >= 0.6 is 15.9 Å². The van der Waals surface area contributed by atoms with Crippen LogP contribution < -0.4 is 11.1 Å². The first-order valence-corrected chi connectivity index (χ1v) is 8.06. The van der Waals surface area contributed by atoms with Crippen LogP contribution in [0.2, 0.25) is 0 Å². The zero-order valence-corrected chi connectivity index (χ0v) is 11.9. The Morgan fingerprint density at radius 1 is 1.44 bits per heavy atom. The summed E-state index contributed by atoms with van der Waals surface area (Å²) >= 11 is 3.24. The van der Waals surface area contributed by atoms with Gasteiger partial charge in [0.2, 0.25) is 0 Å². The molecule has 1 aliphatic heterocycles. The second kappa shape index (κ2) is 4.89. The number of hydrogen-bond donors (Lipinski definition) is 2. The van der Waals surface area contributed by atoms with E-state index in [4.69, 9.17) is 5.73 Å². The summed E-state index contributed by atoms with van der Waals surface area (Å²) < 4.78 is 23.2. The maximum atomic E-state index is 12.0. The van der Waals surface area contributed by atoms with Crippen LogP contribution in [0.25, 0.3) is 0 Å². The van der Waals surface area contributed by atoms with Gasteiger partial charge in [-0.15, -0.1) is 0 Å². The normalized spacial score (nSPS) is 21.7. The summed E-state index contributed by atoms with van der Waals surface area (Å²) in [6.07, 6.45) is 0.460. The minimum Gasteiger partial charge on any atom is -0.397 e. The van der Waals surface area contributed by atoms with Gasteiger partial charge in [0.05, 0.1) is 22.8 Å². The van der Waals surface area contributed by atoms with E-state index < -0.39 is 9.84 Å². The molecule has 7 heteroatoms. The Morgan fingerprint density at radius 3 is 2.78 bits per heavy atom. The summed E-state index contributed by atoms with van der Waals surface area (Å²) in [4.78, 5) is 12.0. The summed E-state index contributed by atoms with van der Waals surface area (Å²) in [5, 5.41) is 2.70. The number of amides is 1.